The molecule has 188 valence electrons. The van der Waals surface area contributed by atoms with Crippen molar-refractivity contribution in [2.75, 3.05) is 20.2 Å². The molecule has 0 spiro atoms. The molecule has 0 unspecified atom stereocenters. The number of benzene rings is 1. The van der Waals surface area contributed by atoms with Crippen LogP contribution in [0.15, 0.2) is 29.2 Å². The van der Waals surface area contributed by atoms with Gasteiger partial charge in [0.25, 0.3) is 0 Å². The maximum Gasteiger partial charge on any atom is 0.407 e. The molecular weight excluding hydrogens is 460 g/mol. The summed E-state index contributed by atoms with van der Waals surface area (Å²) in [5.41, 5.74) is -1.07. The molecule has 1 aromatic carbocycles. The minimum atomic E-state index is -3.97. The third kappa shape index (κ3) is 5.12. The Morgan fingerprint density at radius 2 is 1.82 bits per heavy atom. The van der Waals surface area contributed by atoms with Gasteiger partial charge in [0.15, 0.2) is 5.78 Å². The molecule has 1 aliphatic carbocycles. The number of esters is 1. The summed E-state index contributed by atoms with van der Waals surface area (Å²) in [6, 6.07) is 5.79. The second-order valence-corrected chi connectivity index (χ2v) is 12.0. The summed E-state index contributed by atoms with van der Waals surface area (Å²) >= 11 is 0. The molecule has 1 saturated heterocycles. The second kappa shape index (κ2) is 9.65. The number of ketones is 1. The zero-order valence-electron chi connectivity index (χ0n) is 20.4. The highest BCUT2D eigenvalue weighted by molar-refractivity contribution is 7.89. The number of alkyl carbamates (subject to hydrolysis) is 1. The van der Waals surface area contributed by atoms with Crippen LogP contribution in [0.2, 0.25) is 0 Å². The second-order valence-electron chi connectivity index (χ2n) is 10.1. The Morgan fingerprint density at radius 3 is 2.41 bits per heavy atom. The number of nitrogens with one attached hydrogen (secondary N) is 1. The fraction of sp³-hybridized carbons (Fsp3) is 0.625. The number of fused-ring (bicyclic) bond motifs is 1. The van der Waals surface area contributed by atoms with E-state index in [1.54, 1.807) is 32.9 Å². The molecule has 0 bridgehead atoms. The van der Waals surface area contributed by atoms with E-state index in [2.05, 4.69) is 5.32 Å². The van der Waals surface area contributed by atoms with E-state index < -0.39 is 45.1 Å². The topological polar surface area (TPSA) is 119 Å². The Hall–Kier alpha value is -2.46. The fourth-order valence-electron chi connectivity index (χ4n) is 5.12. The number of sulfonamides is 1. The van der Waals surface area contributed by atoms with Crippen LogP contribution in [0.1, 0.15) is 52.0 Å². The quantitative estimate of drug-likeness (QED) is 0.604. The fourth-order valence-corrected chi connectivity index (χ4v) is 6.78. The van der Waals surface area contributed by atoms with Gasteiger partial charge >= 0.3 is 12.1 Å². The number of aryl methyl sites for hydroxylation is 1. The lowest BCUT2D eigenvalue weighted by Crippen LogP contribution is -2.56. The standard InChI is InChI=1S/C24H34N2O7S/c1-16-9-11-18(12-10-16)34(30,31)26-14-20(27)24(15-25-22(29)33-23(2,3)4)17(13-21(28)32-5)7-6-8-19(24)26/h9-12,17,19H,6-8,13-15H2,1-5H3,(H,25,29)/t17-,19+,24-/m0/s1. The zero-order chi connectivity index (χ0) is 25.3. The number of Topliss-reactive ketones (excluding diaryl/α,β-unsaturated/α-hetero) is 1. The van der Waals surface area contributed by atoms with Crippen LogP contribution in [0.3, 0.4) is 0 Å². The highest BCUT2D eigenvalue weighted by atomic mass is 32.2. The monoisotopic (exact) mass is 494 g/mol. The Balaban J connectivity index is 1.99. The van der Waals surface area contributed by atoms with E-state index in [4.69, 9.17) is 9.47 Å². The van der Waals surface area contributed by atoms with E-state index in [0.717, 1.165) is 5.56 Å². The van der Waals surface area contributed by atoms with Crippen LogP contribution in [0.4, 0.5) is 4.79 Å². The molecule has 9 nitrogen and oxygen atoms in total. The van der Waals surface area contributed by atoms with Gasteiger partial charge in [-0.25, -0.2) is 13.2 Å². The van der Waals surface area contributed by atoms with E-state index in [1.807, 2.05) is 6.92 Å². The molecule has 2 aliphatic rings. The number of hydrogen-bond acceptors (Lipinski definition) is 7. The lowest BCUT2D eigenvalue weighted by molar-refractivity contribution is -0.145. The third-order valence-corrected chi connectivity index (χ3v) is 8.58. The summed E-state index contributed by atoms with van der Waals surface area (Å²) in [5, 5.41) is 2.69. The van der Waals surface area contributed by atoms with Crippen molar-refractivity contribution in [2.24, 2.45) is 11.3 Å². The van der Waals surface area contributed by atoms with Crippen molar-refractivity contribution in [3.05, 3.63) is 29.8 Å². The van der Waals surface area contributed by atoms with Crippen LogP contribution < -0.4 is 5.32 Å². The third-order valence-electron chi connectivity index (χ3n) is 6.71. The maximum atomic E-state index is 13.6. The van der Waals surface area contributed by atoms with Crippen molar-refractivity contribution in [2.45, 2.75) is 69.9 Å². The molecule has 3 rings (SSSR count). The van der Waals surface area contributed by atoms with Gasteiger partial charge in [0, 0.05) is 19.0 Å². The first kappa shape index (κ1) is 26.2. The number of amides is 1. The molecule has 1 aromatic rings. The van der Waals surface area contributed by atoms with Crippen LogP contribution in [0.25, 0.3) is 0 Å². The predicted molar refractivity (Wildman–Crippen MR) is 125 cm³/mol. The molecule has 1 aliphatic heterocycles. The SMILES string of the molecule is COC(=O)C[C@@H]1CCC[C@H]2N(S(=O)(=O)c3ccc(C)cc3)CC(=O)[C@@]12CNC(=O)OC(C)(C)C. The number of carbonyl (C=O) groups excluding carboxylic acids is 3. The minimum Gasteiger partial charge on any atom is -0.469 e. The van der Waals surface area contributed by atoms with Crippen LogP contribution >= 0.6 is 0 Å². The molecule has 0 aromatic heterocycles. The molecule has 1 saturated carbocycles. The van der Waals surface area contributed by atoms with Crippen molar-refractivity contribution in [1.29, 1.82) is 0 Å². The van der Waals surface area contributed by atoms with E-state index in [9.17, 15) is 22.8 Å². The Bertz CT molecular complexity index is 1050. The highest BCUT2D eigenvalue weighted by Crippen LogP contribution is 2.51. The molecular formula is C24H34N2O7S. The predicted octanol–water partition coefficient (Wildman–Crippen LogP) is 2.81. The van der Waals surface area contributed by atoms with Gasteiger partial charge < -0.3 is 14.8 Å². The van der Waals surface area contributed by atoms with E-state index >= 15 is 0 Å². The highest BCUT2D eigenvalue weighted by Gasteiger charge is 2.62. The molecule has 1 heterocycles. The van der Waals surface area contributed by atoms with Gasteiger partial charge in [-0.05, 0) is 58.6 Å². The van der Waals surface area contributed by atoms with E-state index in [1.165, 1.54) is 23.5 Å². The van der Waals surface area contributed by atoms with Gasteiger partial charge in [0.1, 0.15) is 5.60 Å². The lowest BCUT2D eigenvalue weighted by Gasteiger charge is -2.45. The van der Waals surface area contributed by atoms with Gasteiger partial charge in [-0.1, -0.05) is 24.1 Å². The number of methoxy groups -OCH3 is 1. The van der Waals surface area contributed by atoms with Gasteiger partial charge in [-0.2, -0.15) is 4.31 Å². The smallest absolute Gasteiger partial charge is 0.407 e. The van der Waals surface area contributed by atoms with Crippen LogP contribution in [-0.4, -0.2) is 62.4 Å². The minimum absolute atomic E-state index is 0.0346. The molecule has 1 amide bonds. The Morgan fingerprint density at radius 1 is 1.18 bits per heavy atom. The number of rotatable bonds is 6. The molecule has 0 radical (unpaired) electrons. The summed E-state index contributed by atoms with van der Waals surface area (Å²) in [7, 11) is -2.69. The molecule has 3 atom stereocenters. The van der Waals surface area contributed by atoms with Crippen molar-refractivity contribution < 1.29 is 32.3 Å². The first-order chi connectivity index (χ1) is 15.8. The summed E-state index contributed by atoms with van der Waals surface area (Å²) in [6.45, 7) is 6.62. The van der Waals surface area contributed by atoms with Crippen molar-refractivity contribution >= 4 is 27.9 Å². The van der Waals surface area contributed by atoms with Crippen molar-refractivity contribution in [1.82, 2.24) is 9.62 Å². The van der Waals surface area contributed by atoms with Crippen molar-refractivity contribution in [3.8, 4) is 0 Å². The number of ether oxygens (including phenoxy) is 2. The van der Waals surface area contributed by atoms with E-state index in [-0.39, 0.29) is 30.2 Å². The van der Waals surface area contributed by atoms with Crippen LogP contribution in [0.5, 0.6) is 0 Å². The van der Waals surface area contributed by atoms with Crippen molar-refractivity contribution in [3.63, 3.8) is 0 Å². The van der Waals surface area contributed by atoms with Gasteiger partial charge in [-0.3, -0.25) is 9.59 Å². The molecule has 34 heavy (non-hydrogen) atoms. The first-order valence-corrected chi connectivity index (χ1v) is 12.9. The summed E-state index contributed by atoms with van der Waals surface area (Å²) < 4.78 is 38.6. The largest absolute Gasteiger partial charge is 0.469 e. The lowest BCUT2D eigenvalue weighted by atomic mass is 9.61. The normalized spacial score (nSPS) is 25.5. The zero-order valence-corrected chi connectivity index (χ0v) is 21.2. The van der Waals surface area contributed by atoms with Gasteiger partial charge in [-0.15, -0.1) is 0 Å². The van der Waals surface area contributed by atoms with E-state index in [0.29, 0.717) is 19.3 Å². The van der Waals surface area contributed by atoms with Crippen LogP contribution in [0, 0.1) is 18.3 Å². The maximum absolute atomic E-state index is 13.6. The number of carbonyl (C=O) groups is 3. The number of nitrogens with zero attached hydrogens (tertiary/aromatic N) is 1. The molecule has 10 heteroatoms. The van der Waals surface area contributed by atoms with Gasteiger partial charge in [0.2, 0.25) is 10.0 Å². The average Bonchev–Trinajstić information content (AvgIpc) is 3.05. The van der Waals surface area contributed by atoms with Crippen LogP contribution in [-0.2, 0) is 29.1 Å². The summed E-state index contributed by atoms with van der Waals surface area (Å²) in [4.78, 5) is 38.3. The molecule has 1 N–H and O–H groups in total. The van der Waals surface area contributed by atoms with Gasteiger partial charge in [0.05, 0.1) is 24.0 Å². The summed E-state index contributed by atoms with van der Waals surface area (Å²) in [6.07, 6.45) is 0.910. The molecule has 2 fully saturated rings. The Kier molecular flexibility index (Phi) is 7.43. The number of hydrogen-bond donors (Lipinski definition) is 1. The first-order valence-electron chi connectivity index (χ1n) is 11.5. The summed E-state index contributed by atoms with van der Waals surface area (Å²) in [5.74, 6) is -1.26. The average molecular weight is 495 g/mol. The Labute approximate surface area is 201 Å².